The summed E-state index contributed by atoms with van der Waals surface area (Å²) >= 11 is 2.25. The van der Waals surface area contributed by atoms with Gasteiger partial charge in [-0.25, -0.2) is 18.2 Å². The number of hydrogen-bond donors (Lipinski definition) is 0. The SMILES string of the molecule is CS/C(C)=N\OC(=O)N(C)SN(C)C(=O)Oc1cccc2c1CCCC2. The fraction of sp³-hybridized carbons (Fsp3) is 0.471. The van der Waals surface area contributed by atoms with Gasteiger partial charge in [-0.05, 0) is 56.1 Å². The molecule has 0 saturated carbocycles. The zero-order valence-electron chi connectivity index (χ0n) is 15.4. The monoisotopic (exact) mass is 397 g/mol. The van der Waals surface area contributed by atoms with E-state index in [9.17, 15) is 9.59 Å². The van der Waals surface area contributed by atoms with E-state index < -0.39 is 12.2 Å². The number of rotatable bonds is 4. The van der Waals surface area contributed by atoms with Crippen molar-refractivity contribution in [2.75, 3.05) is 20.4 Å². The lowest BCUT2D eigenvalue weighted by molar-refractivity contribution is 0.136. The molecule has 0 radical (unpaired) electrons. The van der Waals surface area contributed by atoms with Crippen LogP contribution in [0, 0.1) is 0 Å². The summed E-state index contributed by atoms with van der Waals surface area (Å²) in [7, 11) is 3.02. The van der Waals surface area contributed by atoms with Gasteiger partial charge in [-0.3, -0.25) is 4.84 Å². The van der Waals surface area contributed by atoms with Crippen LogP contribution in [0.1, 0.15) is 30.9 Å². The molecule has 0 atom stereocenters. The third kappa shape index (κ3) is 5.57. The standard InChI is InChI=1S/C17H23N3O4S2/c1-12(25-4)18-24-17(22)20(3)26-19(2)16(21)23-15-11-7-9-13-8-5-6-10-14(13)15/h7,9,11H,5-6,8,10H2,1-4H3/b18-12-. The minimum atomic E-state index is -0.680. The second-order valence-corrected chi connectivity index (χ2v) is 7.97. The number of nitrogens with zero attached hydrogens (tertiary/aromatic N) is 3. The molecule has 0 heterocycles. The van der Waals surface area contributed by atoms with E-state index in [-0.39, 0.29) is 0 Å². The highest BCUT2D eigenvalue weighted by Crippen LogP contribution is 2.30. The zero-order chi connectivity index (χ0) is 19.1. The third-order valence-electron chi connectivity index (χ3n) is 3.86. The Morgan fingerprint density at radius 1 is 1.12 bits per heavy atom. The number of aryl methyl sites for hydroxylation is 1. The summed E-state index contributed by atoms with van der Waals surface area (Å²) in [6.07, 6.45) is 4.77. The molecular weight excluding hydrogens is 374 g/mol. The molecule has 2 rings (SSSR count). The summed E-state index contributed by atoms with van der Waals surface area (Å²) in [6.45, 7) is 1.73. The van der Waals surface area contributed by atoms with Crippen LogP contribution in [0.25, 0.3) is 0 Å². The summed E-state index contributed by atoms with van der Waals surface area (Å²) in [4.78, 5) is 29.0. The number of thioether (sulfide) groups is 1. The fourth-order valence-electron chi connectivity index (χ4n) is 2.45. The first-order valence-electron chi connectivity index (χ1n) is 8.20. The number of ether oxygens (including phenoxy) is 1. The third-order valence-corrected chi connectivity index (χ3v) is 5.31. The first kappa shape index (κ1) is 20.4. The molecule has 1 aromatic rings. The quantitative estimate of drug-likeness (QED) is 0.248. The van der Waals surface area contributed by atoms with Crippen LogP contribution in [0.3, 0.4) is 0 Å². The van der Waals surface area contributed by atoms with Gasteiger partial charge in [-0.1, -0.05) is 17.3 Å². The van der Waals surface area contributed by atoms with E-state index in [1.54, 1.807) is 13.0 Å². The van der Waals surface area contributed by atoms with Crippen LogP contribution < -0.4 is 4.74 Å². The van der Waals surface area contributed by atoms with Crippen molar-refractivity contribution in [1.82, 2.24) is 8.61 Å². The van der Waals surface area contributed by atoms with Gasteiger partial charge in [0.05, 0.1) is 12.1 Å². The second kappa shape index (κ2) is 9.72. The Bertz CT molecular complexity index is 697. The van der Waals surface area contributed by atoms with Gasteiger partial charge in [0.1, 0.15) is 10.8 Å². The fourth-order valence-corrected chi connectivity index (χ4v) is 3.13. The highest BCUT2D eigenvalue weighted by molar-refractivity contribution is 8.13. The zero-order valence-corrected chi connectivity index (χ0v) is 17.0. The molecular formula is C17H23N3O4S2. The number of oxime groups is 1. The average Bonchev–Trinajstić information content (AvgIpc) is 2.65. The lowest BCUT2D eigenvalue weighted by Crippen LogP contribution is -2.31. The number of carbonyl (C=O) groups is 2. The molecule has 7 nitrogen and oxygen atoms in total. The van der Waals surface area contributed by atoms with Gasteiger partial charge in [0.15, 0.2) is 0 Å². The van der Waals surface area contributed by atoms with Crippen LogP contribution in [0.5, 0.6) is 5.75 Å². The van der Waals surface area contributed by atoms with Gasteiger partial charge in [0, 0.05) is 14.1 Å². The largest absolute Gasteiger partial charge is 0.447 e. The van der Waals surface area contributed by atoms with Crippen molar-refractivity contribution in [3.05, 3.63) is 29.3 Å². The second-order valence-electron chi connectivity index (χ2n) is 5.72. The van der Waals surface area contributed by atoms with Gasteiger partial charge in [0.25, 0.3) is 0 Å². The van der Waals surface area contributed by atoms with Crippen LogP contribution >= 0.6 is 23.9 Å². The van der Waals surface area contributed by atoms with E-state index in [2.05, 4.69) is 11.2 Å². The molecule has 1 aliphatic rings. The van der Waals surface area contributed by atoms with Gasteiger partial charge in [-0.15, -0.1) is 11.8 Å². The number of benzene rings is 1. The number of fused-ring (bicyclic) bond motifs is 1. The molecule has 2 amide bonds. The maximum Gasteiger partial charge on any atom is 0.447 e. The van der Waals surface area contributed by atoms with Crippen molar-refractivity contribution in [3.8, 4) is 5.75 Å². The van der Waals surface area contributed by atoms with E-state index in [0.717, 1.165) is 43.4 Å². The molecule has 26 heavy (non-hydrogen) atoms. The van der Waals surface area contributed by atoms with Gasteiger partial charge in [0.2, 0.25) is 0 Å². The van der Waals surface area contributed by atoms with Crippen molar-refractivity contribution in [2.24, 2.45) is 5.16 Å². The molecule has 1 aromatic carbocycles. The minimum absolute atomic E-state index is 0.558. The van der Waals surface area contributed by atoms with Gasteiger partial charge in [-0.2, -0.15) is 0 Å². The summed E-state index contributed by atoms with van der Waals surface area (Å²) < 4.78 is 7.92. The molecule has 9 heteroatoms. The molecule has 142 valence electrons. The summed E-state index contributed by atoms with van der Waals surface area (Å²) in [6, 6.07) is 5.78. The van der Waals surface area contributed by atoms with Crippen molar-refractivity contribution >= 4 is 41.1 Å². The van der Waals surface area contributed by atoms with Crippen molar-refractivity contribution < 1.29 is 19.2 Å². The highest BCUT2D eigenvalue weighted by Gasteiger charge is 2.22. The Morgan fingerprint density at radius 3 is 2.54 bits per heavy atom. The molecule has 0 unspecified atom stereocenters. The lowest BCUT2D eigenvalue weighted by atomic mass is 9.91. The predicted octanol–water partition coefficient (Wildman–Crippen LogP) is 4.32. The maximum atomic E-state index is 12.3. The number of carbonyl (C=O) groups excluding carboxylic acids is 2. The van der Waals surface area contributed by atoms with Crippen LogP contribution in [-0.2, 0) is 17.7 Å². The Hall–Kier alpha value is -1.87. The molecule has 1 aliphatic carbocycles. The summed E-state index contributed by atoms with van der Waals surface area (Å²) in [5.74, 6) is 0.588. The first-order valence-corrected chi connectivity index (χ1v) is 10.2. The van der Waals surface area contributed by atoms with Gasteiger partial charge >= 0.3 is 12.2 Å². The van der Waals surface area contributed by atoms with E-state index in [1.807, 2.05) is 12.3 Å². The first-order chi connectivity index (χ1) is 12.4. The molecule has 0 aliphatic heterocycles. The average molecular weight is 398 g/mol. The minimum Gasteiger partial charge on any atom is -0.409 e. The molecule has 0 spiro atoms. The van der Waals surface area contributed by atoms with Crippen LogP contribution in [0.15, 0.2) is 23.4 Å². The summed E-state index contributed by atoms with van der Waals surface area (Å²) in [5, 5.41) is 4.30. The lowest BCUT2D eigenvalue weighted by Gasteiger charge is -2.22. The topological polar surface area (TPSA) is 71.4 Å². The van der Waals surface area contributed by atoms with Crippen molar-refractivity contribution in [3.63, 3.8) is 0 Å². The molecule has 0 N–H and O–H groups in total. The Labute approximate surface area is 162 Å². The van der Waals surface area contributed by atoms with Crippen molar-refractivity contribution in [1.29, 1.82) is 0 Å². The Morgan fingerprint density at radius 2 is 1.81 bits per heavy atom. The Balaban J connectivity index is 1.92. The number of hydrogen-bond acceptors (Lipinski definition) is 7. The van der Waals surface area contributed by atoms with E-state index in [4.69, 9.17) is 9.57 Å². The molecule has 0 aromatic heterocycles. The predicted molar refractivity (Wildman–Crippen MR) is 105 cm³/mol. The number of amides is 2. The van der Waals surface area contributed by atoms with Crippen molar-refractivity contribution in [2.45, 2.75) is 32.6 Å². The molecule has 0 bridgehead atoms. The van der Waals surface area contributed by atoms with Gasteiger partial charge < -0.3 is 4.74 Å². The Kier molecular flexibility index (Phi) is 7.65. The smallest absolute Gasteiger partial charge is 0.409 e. The van der Waals surface area contributed by atoms with E-state index >= 15 is 0 Å². The summed E-state index contributed by atoms with van der Waals surface area (Å²) in [5.41, 5.74) is 2.33. The normalized spacial score (nSPS) is 13.6. The molecule has 0 saturated heterocycles. The highest BCUT2D eigenvalue weighted by atomic mass is 32.2. The van der Waals surface area contributed by atoms with E-state index in [0.29, 0.717) is 10.8 Å². The van der Waals surface area contributed by atoms with Crippen LogP contribution in [-0.4, -0.2) is 46.2 Å². The molecule has 0 fully saturated rings. The van der Waals surface area contributed by atoms with E-state index in [1.165, 1.54) is 40.0 Å². The van der Waals surface area contributed by atoms with Crippen LogP contribution in [0.4, 0.5) is 9.59 Å². The van der Waals surface area contributed by atoms with Crippen LogP contribution in [0.2, 0.25) is 0 Å². The maximum absolute atomic E-state index is 12.3.